The highest BCUT2D eigenvalue weighted by Crippen LogP contribution is 2.14. The maximum atomic E-state index is 11.3. The molecule has 14 heavy (non-hydrogen) atoms. The van der Waals surface area contributed by atoms with Crippen LogP contribution in [0.1, 0.15) is 18.5 Å². The van der Waals surface area contributed by atoms with Crippen molar-refractivity contribution in [1.29, 1.82) is 0 Å². The van der Waals surface area contributed by atoms with Crippen LogP contribution in [0.3, 0.4) is 0 Å². The summed E-state index contributed by atoms with van der Waals surface area (Å²) in [5.74, 6) is -0.432. The van der Waals surface area contributed by atoms with Gasteiger partial charge in [-0.15, -0.1) is 0 Å². The van der Waals surface area contributed by atoms with Gasteiger partial charge < -0.3 is 16.2 Å². The minimum absolute atomic E-state index is 0.328. The van der Waals surface area contributed by atoms with E-state index in [0.717, 1.165) is 0 Å². The molecule has 4 heteroatoms. The van der Waals surface area contributed by atoms with Crippen LogP contribution in [0, 0.1) is 0 Å². The van der Waals surface area contributed by atoms with E-state index in [0.29, 0.717) is 17.9 Å². The summed E-state index contributed by atoms with van der Waals surface area (Å²) in [6.45, 7) is 2.07. The lowest BCUT2D eigenvalue weighted by Crippen LogP contribution is -2.23. The zero-order valence-corrected chi connectivity index (χ0v) is 8.07. The normalized spacial score (nSPS) is 12.1. The van der Waals surface area contributed by atoms with Gasteiger partial charge in [0.15, 0.2) is 0 Å². The zero-order valence-electron chi connectivity index (χ0n) is 8.07. The fourth-order valence-electron chi connectivity index (χ4n) is 1.12. The van der Waals surface area contributed by atoms with Gasteiger partial charge in [0.2, 0.25) is 0 Å². The minimum Gasteiger partial charge on any atom is -0.465 e. The third-order valence-electron chi connectivity index (χ3n) is 1.81. The van der Waals surface area contributed by atoms with E-state index in [4.69, 9.17) is 16.2 Å². The van der Waals surface area contributed by atoms with E-state index in [-0.39, 0.29) is 0 Å². The van der Waals surface area contributed by atoms with E-state index in [9.17, 15) is 4.79 Å². The first-order valence-electron chi connectivity index (χ1n) is 4.42. The van der Waals surface area contributed by atoms with Crippen molar-refractivity contribution in [3.63, 3.8) is 0 Å². The number of esters is 1. The molecule has 0 radical (unpaired) electrons. The maximum absolute atomic E-state index is 11.3. The van der Waals surface area contributed by atoms with Crippen LogP contribution in [0.2, 0.25) is 0 Å². The predicted octanol–water partition coefficient (Wildman–Crippen LogP) is 0.832. The lowest BCUT2D eigenvalue weighted by Gasteiger charge is -2.10. The number of nitrogens with two attached hydrogens (primary N) is 2. The molecule has 0 aromatic heterocycles. The van der Waals surface area contributed by atoms with Crippen molar-refractivity contribution in [3.05, 3.63) is 29.8 Å². The van der Waals surface area contributed by atoms with E-state index in [2.05, 4.69) is 0 Å². The van der Waals surface area contributed by atoms with Crippen molar-refractivity contribution in [1.82, 2.24) is 0 Å². The molecule has 0 amide bonds. The van der Waals surface area contributed by atoms with Crippen LogP contribution in [0.4, 0.5) is 5.69 Å². The summed E-state index contributed by atoms with van der Waals surface area (Å²) in [4.78, 5) is 11.3. The highest BCUT2D eigenvalue weighted by atomic mass is 16.5. The van der Waals surface area contributed by atoms with Gasteiger partial charge in [0.1, 0.15) is 6.04 Å². The number of ether oxygens (including phenoxy) is 1. The molecule has 4 nitrogen and oxygen atoms in total. The van der Waals surface area contributed by atoms with E-state index in [1.807, 2.05) is 0 Å². The molecule has 0 spiro atoms. The largest absolute Gasteiger partial charge is 0.465 e. The summed E-state index contributed by atoms with van der Waals surface area (Å²) < 4.78 is 4.79. The number of hydrogen-bond donors (Lipinski definition) is 2. The third-order valence-corrected chi connectivity index (χ3v) is 1.81. The van der Waals surface area contributed by atoms with Crippen molar-refractivity contribution >= 4 is 11.7 Å². The van der Waals surface area contributed by atoms with Gasteiger partial charge in [0.05, 0.1) is 6.61 Å². The average Bonchev–Trinajstić information content (AvgIpc) is 2.17. The average molecular weight is 194 g/mol. The van der Waals surface area contributed by atoms with E-state index in [1.165, 1.54) is 0 Å². The molecule has 0 aliphatic heterocycles. The second-order valence-corrected chi connectivity index (χ2v) is 2.90. The van der Waals surface area contributed by atoms with Crippen LogP contribution in [0.15, 0.2) is 24.3 Å². The fraction of sp³-hybridized carbons (Fsp3) is 0.300. The fourth-order valence-corrected chi connectivity index (χ4v) is 1.12. The maximum Gasteiger partial charge on any atom is 0.327 e. The summed E-state index contributed by atoms with van der Waals surface area (Å²) in [5.41, 5.74) is 12.5. The Labute approximate surface area is 82.8 Å². The Hall–Kier alpha value is -1.55. The molecule has 0 heterocycles. The van der Waals surface area contributed by atoms with Crippen LogP contribution < -0.4 is 11.5 Å². The van der Waals surface area contributed by atoms with Crippen LogP contribution in [-0.2, 0) is 9.53 Å². The summed E-state index contributed by atoms with van der Waals surface area (Å²) >= 11 is 0. The Kier molecular flexibility index (Phi) is 3.48. The summed E-state index contributed by atoms with van der Waals surface area (Å²) in [6, 6.07) is 6.16. The van der Waals surface area contributed by atoms with Crippen LogP contribution in [0.25, 0.3) is 0 Å². The second-order valence-electron chi connectivity index (χ2n) is 2.90. The molecule has 0 aliphatic carbocycles. The standard InChI is InChI=1S/C10H14N2O2/c1-2-14-10(13)9(12)7-4-3-5-8(11)6-7/h3-6,9H,2,11-12H2,1H3. The van der Waals surface area contributed by atoms with Gasteiger partial charge in [0, 0.05) is 5.69 Å². The number of benzene rings is 1. The Morgan fingerprint density at radius 3 is 2.86 bits per heavy atom. The van der Waals surface area contributed by atoms with Crippen molar-refractivity contribution in [2.45, 2.75) is 13.0 Å². The smallest absolute Gasteiger partial charge is 0.327 e. The Morgan fingerprint density at radius 2 is 2.29 bits per heavy atom. The highest BCUT2D eigenvalue weighted by Gasteiger charge is 2.16. The Balaban J connectivity index is 2.78. The van der Waals surface area contributed by atoms with Gasteiger partial charge in [-0.3, -0.25) is 0 Å². The summed E-state index contributed by atoms with van der Waals surface area (Å²) in [6.07, 6.45) is 0. The molecule has 76 valence electrons. The van der Waals surface area contributed by atoms with Crippen LogP contribution in [-0.4, -0.2) is 12.6 Å². The highest BCUT2D eigenvalue weighted by molar-refractivity contribution is 5.77. The number of carbonyl (C=O) groups excluding carboxylic acids is 1. The monoisotopic (exact) mass is 194 g/mol. The van der Waals surface area contributed by atoms with E-state index in [1.54, 1.807) is 31.2 Å². The SMILES string of the molecule is CCOC(=O)C(N)c1cccc(N)c1. The topological polar surface area (TPSA) is 78.3 Å². The molecule has 1 unspecified atom stereocenters. The summed E-state index contributed by atoms with van der Waals surface area (Å²) in [5, 5.41) is 0. The lowest BCUT2D eigenvalue weighted by atomic mass is 10.1. The van der Waals surface area contributed by atoms with E-state index < -0.39 is 12.0 Å². The first kappa shape index (κ1) is 10.5. The molecular weight excluding hydrogens is 180 g/mol. The Morgan fingerprint density at radius 1 is 1.57 bits per heavy atom. The second kappa shape index (κ2) is 4.62. The minimum atomic E-state index is -0.751. The molecule has 4 N–H and O–H groups in total. The molecule has 0 saturated carbocycles. The molecule has 1 aromatic rings. The van der Waals surface area contributed by atoms with Crippen molar-refractivity contribution in [2.75, 3.05) is 12.3 Å². The number of carbonyl (C=O) groups is 1. The predicted molar refractivity (Wildman–Crippen MR) is 54.4 cm³/mol. The zero-order chi connectivity index (χ0) is 10.6. The number of hydrogen-bond acceptors (Lipinski definition) is 4. The first-order chi connectivity index (χ1) is 6.65. The number of nitrogen functional groups attached to an aromatic ring is 1. The molecular formula is C10H14N2O2. The Bertz CT molecular complexity index is 326. The van der Waals surface area contributed by atoms with Gasteiger partial charge in [-0.25, -0.2) is 4.79 Å². The molecule has 1 rings (SSSR count). The van der Waals surface area contributed by atoms with E-state index >= 15 is 0 Å². The van der Waals surface area contributed by atoms with Gasteiger partial charge in [0.25, 0.3) is 0 Å². The quantitative estimate of drug-likeness (QED) is 0.552. The van der Waals surface area contributed by atoms with Gasteiger partial charge in [-0.05, 0) is 24.6 Å². The first-order valence-corrected chi connectivity index (χ1v) is 4.42. The third kappa shape index (κ3) is 2.47. The number of anilines is 1. The number of rotatable bonds is 3. The van der Waals surface area contributed by atoms with Gasteiger partial charge >= 0.3 is 5.97 Å². The van der Waals surface area contributed by atoms with Crippen LogP contribution in [0.5, 0.6) is 0 Å². The van der Waals surface area contributed by atoms with Gasteiger partial charge in [-0.1, -0.05) is 12.1 Å². The van der Waals surface area contributed by atoms with Crippen molar-refractivity contribution in [3.8, 4) is 0 Å². The molecule has 1 atom stereocenters. The molecule has 0 bridgehead atoms. The lowest BCUT2D eigenvalue weighted by molar-refractivity contribution is -0.144. The van der Waals surface area contributed by atoms with Crippen LogP contribution >= 0.6 is 0 Å². The van der Waals surface area contributed by atoms with Crippen molar-refractivity contribution in [2.24, 2.45) is 5.73 Å². The van der Waals surface area contributed by atoms with Crippen molar-refractivity contribution < 1.29 is 9.53 Å². The molecule has 0 aliphatic rings. The van der Waals surface area contributed by atoms with Gasteiger partial charge in [-0.2, -0.15) is 0 Å². The molecule has 0 fully saturated rings. The summed E-state index contributed by atoms with van der Waals surface area (Å²) in [7, 11) is 0. The molecule has 0 saturated heterocycles. The molecule has 1 aromatic carbocycles.